The molecule has 0 radical (unpaired) electrons. The van der Waals surface area contributed by atoms with Gasteiger partial charge in [0, 0.05) is 24.4 Å². The third-order valence-corrected chi connectivity index (χ3v) is 6.17. The van der Waals surface area contributed by atoms with Gasteiger partial charge in [0.05, 0.1) is 6.04 Å². The number of hydrogen-bond acceptors (Lipinski definition) is 3. The van der Waals surface area contributed by atoms with E-state index < -0.39 is 0 Å². The average Bonchev–Trinajstić information content (AvgIpc) is 3.20. The molecule has 0 saturated carbocycles. The second-order valence-corrected chi connectivity index (χ2v) is 8.12. The van der Waals surface area contributed by atoms with Gasteiger partial charge in [-0.2, -0.15) is 0 Å². The van der Waals surface area contributed by atoms with Gasteiger partial charge in [-0.3, -0.25) is 9.59 Å². The second kappa shape index (κ2) is 9.69. The molecule has 1 aromatic heterocycles. The highest BCUT2D eigenvalue weighted by molar-refractivity contribution is 7.10. The van der Waals surface area contributed by atoms with Crippen molar-refractivity contribution in [2.45, 2.75) is 38.6 Å². The lowest BCUT2D eigenvalue weighted by atomic mass is 9.93. The fraction of sp³-hybridized carbons (Fsp3) is 0.391. The highest BCUT2D eigenvalue weighted by Crippen LogP contribution is 2.37. The second-order valence-electron chi connectivity index (χ2n) is 7.12. The Morgan fingerprint density at radius 1 is 1.29 bits per heavy atom. The van der Waals surface area contributed by atoms with E-state index in [0.717, 1.165) is 24.8 Å². The number of carbonyl (C=O) groups is 2. The zero-order chi connectivity index (χ0) is 19.9. The van der Waals surface area contributed by atoms with E-state index >= 15 is 0 Å². The van der Waals surface area contributed by atoms with Crippen molar-refractivity contribution in [2.75, 3.05) is 19.6 Å². The molecule has 0 spiro atoms. The van der Waals surface area contributed by atoms with Crippen molar-refractivity contribution in [3.63, 3.8) is 0 Å². The summed E-state index contributed by atoms with van der Waals surface area (Å²) in [5, 5.41) is 2.10. The Morgan fingerprint density at radius 2 is 2.07 bits per heavy atom. The van der Waals surface area contributed by atoms with Gasteiger partial charge in [0.2, 0.25) is 11.8 Å². The van der Waals surface area contributed by atoms with Gasteiger partial charge in [-0.25, -0.2) is 0 Å². The van der Waals surface area contributed by atoms with Crippen LogP contribution in [0, 0.1) is 0 Å². The van der Waals surface area contributed by atoms with Crippen LogP contribution >= 0.6 is 11.3 Å². The van der Waals surface area contributed by atoms with E-state index in [9.17, 15) is 9.59 Å². The van der Waals surface area contributed by atoms with Crippen molar-refractivity contribution >= 4 is 23.2 Å². The van der Waals surface area contributed by atoms with E-state index in [1.807, 2.05) is 23.1 Å². The molecule has 3 rings (SSSR count). The van der Waals surface area contributed by atoms with Crippen LogP contribution in [0.3, 0.4) is 0 Å². The molecule has 2 aromatic rings. The van der Waals surface area contributed by atoms with Gasteiger partial charge in [-0.1, -0.05) is 49.8 Å². The molecular weight excluding hydrogens is 368 g/mol. The maximum absolute atomic E-state index is 13.3. The standard InChI is InChI=1S/C23H28N2O2S/c1-3-5-11-21(26)24(14-4-2)17-22(27)25-15-12-20-19(13-16-28-20)23(25)18-9-7-6-8-10-18/h4,6-10,13,16,23H,2-3,5,11-12,14-15,17H2,1H3. The minimum absolute atomic E-state index is 0.00241. The van der Waals surface area contributed by atoms with Crippen LogP contribution in [0.25, 0.3) is 0 Å². The number of benzene rings is 1. The minimum Gasteiger partial charge on any atom is -0.330 e. The quantitative estimate of drug-likeness (QED) is 0.620. The summed E-state index contributed by atoms with van der Waals surface area (Å²) >= 11 is 1.76. The van der Waals surface area contributed by atoms with Gasteiger partial charge in [0.1, 0.15) is 6.54 Å². The van der Waals surface area contributed by atoms with Crippen molar-refractivity contribution < 1.29 is 9.59 Å². The van der Waals surface area contributed by atoms with Crippen LogP contribution in [-0.4, -0.2) is 41.2 Å². The fourth-order valence-electron chi connectivity index (χ4n) is 3.73. The zero-order valence-corrected chi connectivity index (χ0v) is 17.3. The first-order valence-corrected chi connectivity index (χ1v) is 10.8. The van der Waals surface area contributed by atoms with Gasteiger partial charge in [-0.15, -0.1) is 17.9 Å². The van der Waals surface area contributed by atoms with Gasteiger partial charge in [-0.05, 0) is 35.4 Å². The summed E-state index contributed by atoms with van der Waals surface area (Å²) in [4.78, 5) is 30.7. The topological polar surface area (TPSA) is 40.6 Å². The van der Waals surface area contributed by atoms with Crippen molar-refractivity contribution in [1.29, 1.82) is 0 Å². The summed E-state index contributed by atoms with van der Waals surface area (Å²) in [5.41, 5.74) is 2.33. The summed E-state index contributed by atoms with van der Waals surface area (Å²) in [6, 6.07) is 12.2. The number of hydrogen-bond donors (Lipinski definition) is 0. The van der Waals surface area contributed by atoms with Gasteiger partial charge in [0.15, 0.2) is 0 Å². The largest absolute Gasteiger partial charge is 0.330 e. The third kappa shape index (κ3) is 4.53. The van der Waals surface area contributed by atoms with Gasteiger partial charge in [0.25, 0.3) is 0 Å². The molecule has 1 aromatic carbocycles. The molecular formula is C23H28N2O2S. The minimum atomic E-state index is -0.0833. The molecule has 5 heteroatoms. The fourth-order valence-corrected chi connectivity index (χ4v) is 4.63. The van der Waals surface area contributed by atoms with Crippen molar-refractivity contribution in [3.8, 4) is 0 Å². The zero-order valence-electron chi connectivity index (χ0n) is 16.5. The Labute approximate surface area is 171 Å². The average molecular weight is 397 g/mol. The van der Waals surface area contributed by atoms with Crippen LogP contribution in [0.2, 0.25) is 0 Å². The van der Waals surface area contributed by atoms with Crippen LogP contribution in [-0.2, 0) is 16.0 Å². The molecule has 1 aliphatic heterocycles. The summed E-state index contributed by atoms with van der Waals surface area (Å²) in [5.74, 6) is 0.0250. The summed E-state index contributed by atoms with van der Waals surface area (Å²) in [7, 11) is 0. The molecule has 0 saturated heterocycles. The van der Waals surface area contributed by atoms with Gasteiger partial charge < -0.3 is 9.80 Å². The Bertz CT molecular complexity index is 815. The van der Waals surface area contributed by atoms with Crippen LogP contribution in [0.1, 0.15) is 48.2 Å². The first kappa shape index (κ1) is 20.3. The van der Waals surface area contributed by atoms with E-state index in [2.05, 4.69) is 37.1 Å². The maximum Gasteiger partial charge on any atom is 0.243 e. The monoisotopic (exact) mass is 396 g/mol. The van der Waals surface area contributed by atoms with Crippen LogP contribution in [0.15, 0.2) is 54.4 Å². The molecule has 2 heterocycles. The summed E-state index contributed by atoms with van der Waals surface area (Å²) < 4.78 is 0. The number of carbonyl (C=O) groups excluding carboxylic acids is 2. The van der Waals surface area contributed by atoms with Crippen molar-refractivity contribution in [2.24, 2.45) is 0 Å². The number of nitrogens with zero attached hydrogens (tertiary/aromatic N) is 2. The number of thiophene rings is 1. The van der Waals surface area contributed by atoms with E-state index in [0.29, 0.717) is 19.5 Å². The summed E-state index contributed by atoms with van der Waals surface area (Å²) in [6.07, 6.45) is 4.85. The number of rotatable bonds is 8. The first-order valence-electron chi connectivity index (χ1n) is 9.95. The number of unbranched alkanes of at least 4 members (excludes halogenated alkanes) is 1. The first-order chi connectivity index (χ1) is 13.7. The third-order valence-electron chi connectivity index (χ3n) is 5.17. The molecule has 1 unspecified atom stereocenters. The molecule has 1 aliphatic rings. The number of fused-ring (bicyclic) bond motifs is 1. The molecule has 0 aliphatic carbocycles. The lowest BCUT2D eigenvalue weighted by Gasteiger charge is -2.37. The molecule has 0 fully saturated rings. The van der Waals surface area contributed by atoms with Gasteiger partial charge >= 0.3 is 0 Å². The van der Waals surface area contributed by atoms with Crippen molar-refractivity contribution in [3.05, 3.63) is 70.4 Å². The molecule has 28 heavy (non-hydrogen) atoms. The maximum atomic E-state index is 13.3. The van der Waals surface area contributed by atoms with Crippen molar-refractivity contribution in [1.82, 2.24) is 9.80 Å². The number of amides is 2. The highest BCUT2D eigenvalue weighted by atomic mass is 32.1. The molecule has 148 valence electrons. The van der Waals surface area contributed by atoms with Crippen LogP contribution < -0.4 is 0 Å². The predicted octanol–water partition coefficient (Wildman–Crippen LogP) is 4.43. The van der Waals surface area contributed by atoms with Crippen LogP contribution in [0.4, 0.5) is 0 Å². The Balaban J connectivity index is 1.82. The van der Waals surface area contributed by atoms with E-state index in [-0.39, 0.29) is 24.4 Å². The predicted molar refractivity (Wildman–Crippen MR) is 114 cm³/mol. The van der Waals surface area contributed by atoms with E-state index in [4.69, 9.17) is 0 Å². The Morgan fingerprint density at radius 3 is 2.79 bits per heavy atom. The molecule has 0 bridgehead atoms. The Kier molecular flexibility index (Phi) is 7.04. The highest BCUT2D eigenvalue weighted by Gasteiger charge is 2.33. The molecule has 2 amide bonds. The Hall–Kier alpha value is -2.40. The molecule has 4 nitrogen and oxygen atoms in total. The SMILES string of the molecule is C=CCN(CC(=O)N1CCc2sccc2C1c1ccccc1)C(=O)CCCC. The lowest BCUT2D eigenvalue weighted by Crippen LogP contribution is -2.46. The smallest absolute Gasteiger partial charge is 0.243 e. The van der Waals surface area contributed by atoms with E-state index in [1.54, 1.807) is 22.3 Å². The summed E-state index contributed by atoms with van der Waals surface area (Å²) in [6.45, 7) is 7.00. The molecule has 0 N–H and O–H groups in total. The van der Waals surface area contributed by atoms with E-state index in [1.165, 1.54) is 10.4 Å². The molecule has 1 atom stereocenters. The normalized spacial score (nSPS) is 15.8. The van der Waals surface area contributed by atoms with Crippen LogP contribution in [0.5, 0.6) is 0 Å². The lowest BCUT2D eigenvalue weighted by molar-refractivity contribution is -0.141.